The SMILES string of the molecule is CCC(C)C(NC(=O)C(CO)NC(=O)CN)C(=O)NC(CC(C)C)C(=O)O. The number of carbonyl (C=O) groups is 4. The summed E-state index contributed by atoms with van der Waals surface area (Å²) in [5, 5.41) is 25.8. The second kappa shape index (κ2) is 12.2. The van der Waals surface area contributed by atoms with Gasteiger partial charge in [0.2, 0.25) is 17.7 Å². The summed E-state index contributed by atoms with van der Waals surface area (Å²) in [5.41, 5.74) is 5.17. The van der Waals surface area contributed by atoms with Gasteiger partial charge in [0, 0.05) is 0 Å². The summed E-state index contributed by atoms with van der Waals surface area (Å²) in [6.07, 6.45) is 0.785. The van der Waals surface area contributed by atoms with Gasteiger partial charge in [-0.25, -0.2) is 4.79 Å². The number of hydrogen-bond acceptors (Lipinski definition) is 6. The normalized spacial score (nSPS) is 15.4. The van der Waals surface area contributed by atoms with E-state index in [0.29, 0.717) is 6.42 Å². The number of aliphatic hydroxyl groups excluding tert-OH is 1. The zero-order chi connectivity index (χ0) is 21.1. The minimum Gasteiger partial charge on any atom is -0.480 e. The third kappa shape index (κ3) is 8.83. The standard InChI is InChI=1S/C17H32N4O6/c1-5-10(4)14(16(25)20-11(17(26)27)6-9(2)3)21-15(24)12(8-22)19-13(23)7-18/h9-12,14,22H,5-8,18H2,1-4H3,(H,19,23)(H,20,25)(H,21,24)(H,26,27). The largest absolute Gasteiger partial charge is 0.480 e. The number of nitrogens with two attached hydrogens (primary N) is 1. The van der Waals surface area contributed by atoms with Gasteiger partial charge in [0.1, 0.15) is 18.1 Å². The minimum absolute atomic E-state index is 0.0493. The lowest BCUT2D eigenvalue weighted by Gasteiger charge is -2.27. The highest BCUT2D eigenvalue weighted by molar-refractivity contribution is 5.93. The maximum atomic E-state index is 12.6. The zero-order valence-electron chi connectivity index (χ0n) is 16.3. The molecule has 4 unspecified atom stereocenters. The van der Waals surface area contributed by atoms with E-state index in [-0.39, 0.29) is 24.8 Å². The first kappa shape index (κ1) is 24.8. The van der Waals surface area contributed by atoms with Crippen LogP contribution < -0.4 is 21.7 Å². The number of rotatable bonds is 12. The van der Waals surface area contributed by atoms with E-state index < -0.39 is 48.4 Å². The van der Waals surface area contributed by atoms with Crippen molar-refractivity contribution < 1.29 is 29.4 Å². The molecule has 0 saturated carbocycles. The number of carboxylic acids is 1. The molecule has 0 saturated heterocycles. The molecular formula is C17H32N4O6. The van der Waals surface area contributed by atoms with Gasteiger partial charge in [-0.15, -0.1) is 0 Å². The molecule has 10 heteroatoms. The smallest absolute Gasteiger partial charge is 0.326 e. The van der Waals surface area contributed by atoms with Crippen molar-refractivity contribution >= 4 is 23.7 Å². The zero-order valence-corrected chi connectivity index (χ0v) is 16.3. The van der Waals surface area contributed by atoms with Crippen molar-refractivity contribution in [3.05, 3.63) is 0 Å². The maximum Gasteiger partial charge on any atom is 0.326 e. The van der Waals surface area contributed by atoms with Crippen LogP contribution in [0.4, 0.5) is 0 Å². The molecule has 0 aliphatic heterocycles. The minimum atomic E-state index is -1.26. The molecule has 0 rings (SSSR count). The van der Waals surface area contributed by atoms with Crippen LogP contribution in [0.2, 0.25) is 0 Å². The molecule has 0 aromatic rings. The maximum absolute atomic E-state index is 12.6. The fourth-order valence-corrected chi connectivity index (χ4v) is 2.36. The number of carbonyl (C=O) groups excluding carboxylic acids is 3. The van der Waals surface area contributed by atoms with E-state index in [1.165, 1.54) is 0 Å². The number of aliphatic carboxylic acids is 1. The lowest BCUT2D eigenvalue weighted by molar-refractivity contribution is -0.143. The van der Waals surface area contributed by atoms with Gasteiger partial charge in [-0.3, -0.25) is 14.4 Å². The molecule has 7 N–H and O–H groups in total. The number of aliphatic hydroxyl groups is 1. The second-order valence-electron chi connectivity index (χ2n) is 6.91. The summed E-state index contributed by atoms with van der Waals surface area (Å²) in [5.74, 6) is -3.42. The van der Waals surface area contributed by atoms with Crippen LogP contribution in [0.15, 0.2) is 0 Å². The van der Waals surface area contributed by atoms with Gasteiger partial charge < -0.3 is 31.9 Å². The molecule has 0 aliphatic rings. The highest BCUT2D eigenvalue weighted by Gasteiger charge is 2.32. The van der Waals surface area contributed by atoms with E-state index >= 15 is 0 Å². The van der Waals surface area contributed by atoms with Crippen LogP contribution in [0.1, 0.15) is 40.5 Å². The highest BCUT2D eigenvalue weighted by atomic mass is 16.4. The average molecular weight is 388 g/mol. The van der Waals surface area contributed by atoms with Crippen LogP contribution in [0.25, 0.3) is 0 Å². The number of amides is 3. The summed E-state index contributed by atoms with van der Waals surface area (Å²) in [7, 11) is 0. The Bertz CT molecular complexity index is 526. The highest BCUT2D eigenvalue weighted by Crippen LogP contribution is 2.11. The van der Waals surface area contributed by atoms with Crippen molar-refractivity contribution in [3.8, 4) is 0 Å². The topological polar surface area (TPSA) is 171 Å². The summed E-state index contributed by atoms with van der Waals surface area (Å²) < 4.78 is 0. The number of carboxylic acid groups (broad SMARTS) is 1. The molecule has 0 bridgehead atoms. The summed E-state index contributed by atoms with van der Waals surface area (Å²) in [4.78, 5) is 47.7. The van der Waals surface area contributed by atoms with Crippen LogP contribution in [-0.2, 0) is 19.2 Å². The molecule has 0 spiro atoms. The lowest BCUT2D eigenvalue weighted by Crippen LogP contribution is -2.58. The first-order valence-electron chi connectivity index (χ1n) is 9.01. The summed E-state index contributed by atoms with van der Waals surface area (Å²) in [6.45, 7) is 6.20. The first-order chi connectivity index (χ1) is 12.6. The van der Waals surface area contributed by atoms with Crippen molar-refractivity contribution in [3.63, 3.8) is 0 Å². The Morgan fingerprint density at radius 1 is 0.963 bits per heavy atom. The Morgan fingerprint density at radius 3 is 1.96 bits per heavy atom. The molecule has 4 atom stereocenters. The van der Waals surface area contributed by atoms with Crippen LogP contribution in [0.3, 0.4) is 0 Å². The van der Waals surface area contributed by atoms with Gasteiger partial charge in [-0.05, 0) is 18.3 Å². The molecule has 0 fully saturated rings. The van der Waals surface area contributed by atoms with Crippen molar-refractivity contribution in [1.29, 1.82) is 0 Å². The van der Waals surface area contributed by atoms with Gasteiger partial charge in [0.05, 0.1) is 13.2 Å². The molecule has 156 valence electrons. The van der Waals surface area contributed by atoms with E-state index in [1.807, 2.05) is 20.8 Å². The fourth-order valence-electron chi connectivity index (χ4n) is 2.36. The Morgan fingerprint density at radius 2 is 1.56 bits per heavy atom. The predicted molar refractivity (Wildman–Crippen MR) is 98.5 cm³/mol. The van der Waals surface area contributed by atoms with Crippen molar-refractivity contribution in [2.24, 2.45) is 17.6 Å². The monoisotopic (exact) mass is 388 g/mol. The van der Waals surface area contributed by atoms with Crippen LogP contribution >= 0.6 is 0 Å². The summed E-state index contributed by atoms with van der Waals surface area (Å²) >= 11 is 0. The van der Waals surface area contributed by atoms with E-state index in [0.717, 1.165) is 0 Å². The molecule has 10 nitrogen and oxygen atoms in total. The Labute approximate surface area is 159 Å². The first-order valence-corrected chi connectivity index (χ1v) is 9.01. The predicted octanol–water partition coefficient (Wildman–Crippen LogP) is -1.43. The lowest BCUT2D eigenvalue weighted by atomic mass is 9.96. The van der Waals surface area contributed by atoms with Crippen LogP contribution in [0.5, 0.6) is 0 Å². The van der Waals surface area contributed by atoms with E-state index in [4.69, 9.17) is 5.73 Å². The van der Waals surface area contributed by atoms with Crippen molar-refractivity contribution in [1.82, 2.24) is 16.0 Å². The number of nitrogens with one attached hydrogen (secondary N) is 3. The van der Waals surface area contributed by atoms with Crippen molar-refractivity contribution in [2.45, 2.75) is 58.7 Å². The van der Waals surface area contributed by atoms with Crippen LogP contribution in [-0.4, -0.2) is 65.2 Å². The quantitative estimate of drug-likeness (QED) is 0.238. The van der Waals surface area contributed by atoms with Gasteiger partial charge in [-0.1, -0.05) is 34.1 Å². The Balaban J connectivity index is 5.25. The molecule has 27 heavy (non-hydrogen) atoms. The van der Waals surface area contributed by atoms with Gasteiger partial charge in [0.25, 0.3) is 0 Å². The van der Waals surface area contributed by atoms with Crippen LogP contribution in [0, 0.1) is 11.8 Å². The third-order valence-electron chi connectivity index (χ3n) is 4.13. The Kier molecular flexibility index (Phi) is 11.2. The van der Waals surface area contributed by atoms with Gasteiger partial charge in [0.15, 0.2) is 0 Å². The average Bonchev–Trinajstić information content (AvgIpc) is 2.61. The molecule has 3 amide bonds. The second-order valence-corrected chi connectivity index (χ2v) is 6.91. The third-order valence-corrected chi connectivity index (χ3v) is 4.13. The fraction of sp³-hybridized carbons (Fsp3) is 0.765. The van der Waals surface area contributed by atoms with E-state index in [2.05, 4.69) is 16.0 Å². The van der Waals surface area contributed by atoms with Gasteiger partial charge >= 0.3 is 5.97 Å². The molecule has 0 radical (unpaired) electrons. The molecule has 0 heterocycles. The molecule has 0 aromatic heterocycles. The Hall–Kier alpha value is -2.20. The van der Waals surface area contributed by atoms with Crippen molar-refractivity contribution in [2.75, 3.05) is 13.2 Å². The molecule has 0 aromatic carbocycles. The van der Waals surface area contributed by atoms with E-state index in [1.54, 1.807) is 6.92 Å². The number of hydrogen-bond donors (Lipinski definition) is 6. The molecule has 0 aliphatic carbocycles. The molecular weight excluding hydrogens is 356 g/mol. The van der Waals surface area contributed by atoms with Gasteiger partial charge in [-0.2, -0.15) is 0 Å². The van der Waals surface area contributed by atoms with E-state index in [9.17, 15) is 29.4 Å². The summed E-state index contributed by atoms with van der Waals surface area (Å²) in [6, 6.07) is -3.35.